The monoisotopic (exact) mass is 289 g/mol. The molecule has 0 radical (unpaired) electrons. The molecule has 1 aromatic heterocycles. The number of aromatic nitrogens is 4. The summed E-state index contributed by atoms with van der Waals surface area (Å²) in [5, 5.41) is 12.3. The fraction of sp³-hybridized carbons (Fsp3) is 0.533. The maximum absolute atomic E-state index is 5.99. The first-order chi connectivity index (χ1) is 10.1. The minimum absolute atomic E-state index is 0.0888. The van der Waals surface area contributed by atoms with Crippen LogP contribution >= 0.6 is 0 Å². The standard InChI is InChI=1S/C15H23N5O/c1-5-15(6-2,7-3)20-14(17-18-19-20)11-9-8-10-12(16)13(11)21-4/h8-10H,5-7,16H2,1-4H3. The third-order valence-electron chi connectivity index (χ3n) is 4.38. The largest absolute Gasteiger partial charge is 0.494 e. The van der Waals surface area contributed by atoms with Gasteiger partial charge in [-0.1, -0.05) is 26.8 Å². The molecular formula is C15H23N5O. The Bertz CT molecular complexity index is 596. The summed E-state index contributed by atoms with van der Waals surface area (Å²) in [6.45, 7) is 6.49. The van der Waals surface area contributed by atoms with Crippen molar-refractivity contribution in [3.8, 4) is 17.1 Å². The predicted molar refractivity (Wildman–Crippen MR) is 83.1 cm³/mol. The molecule has 0 atom stereocenters. The van der Waals surface area contributed by atoms with Gasteiger partial charge in [0.25, 0.3) is 0 Å². The predicted octanol–water partition coefficient (Wildman–Crippen LogP) is 2.86. The van der Waals surface area contributed by atoms with E-state index in [0.717, 1.165) is 24.8 Å². The second-order valence-corrected chi connectivity index (χ2v) is 5.13. The molecule has 0 fully saturated rings. The fourth-order valence-electron chi connectivity index (χ4n) is 2.83. The molecule has 1 heterocycles. The molecule has 0 saturated heterocycles. The molecule has 0 amide bonds. The van der Waals surface area contributed by atoms with Crippen molar-refractivity contribution < 1.29 is 4.74 Å². The van der Waals surface area contributed by atoms with Crippen molar-refractivity contribution in [2.24, 2.45) is 0 Å². The molecule has 114 valence electrons. The molecule has 0 aliphatic heterocycles. The zero-order valence-corrected chi connectivity index (χ0v) is 13.1. The lowest BCUT2D eigenvalue weighted by atomic mass is 9.89. The number of anilines is 1. The topological polar surface area (TPSA) is 78.9 Å². The van der Waals surface area contributed by atoms with Crippen LogP contribution in [0.2, 0.25) is 0 Å². The highest BCUT2D eigenvalue weighted by Gasteiger charge is 2.31. The van der Waals surface area contributed by atoms with Crippen molar-refractivity contribution in [2.75, 3.05) is 12.8 Å². The van der Waals surface area contributed by atoms with Gasteiger partial charge in [-0.3, -0.25) is 0 Å². The van der Waals surface area contributed by atoms with Crippen molar-refractivity contribution in [1.29, 1.82) is 0 Å². The SMILES string of the molecule is CCC(CC)(CC)n1nnnc1-c1cccc(N)c1OC. The molecule has 2 rings (SSSR count). The van der Waals surface area contributed by atoms with Crippen LogP contribution in [0, 0.1) is 0 Å². The molecule has 0 bridgehead atoms. The summed E-state index contributed by atoms with van der Waals surface area (Å²) in [5.41, 5.74) is 7.31. The molecule has 2 aromatic rings. The minimum atomic E-state index is -0.0888. The maximum atomic E-state index is 5.99. The Hall–Kier alpha value is -2.11. The van der Waals surface area contributed by atoms with Gasteiger partial charge in [0.15, 0.2) is 11.6 Å². The van der Waals surface area contributed by atoms with Crippen LogP contribution in [0.25, 0.3) is 11.4 Å². The number of para-hydroxylation sites is 1. The lowest BCUT2D eigenvalue weighted by Gasteiger charge is -2.31. The van der Waals surface area contributed by atoms with E-state index in [1.54, 1.807) is 7.11 Å². The quantitative estimate of drug-likeness (QED) is 0.827. The molecule has 0 aliphatic rings. The van der Waals surface area contributed by atoms with E-state index >= 15 is 0 Å². The first kappa shape index (κ1) is 15.3. The summed E-state index contributed by atoms with van der Waals surface area (Å²) in [4.78, 5) is 0. The van der Waals surface area contributed by atoms with Gasteiger partial charge < -0.3 is 10.5 Å². The van der Waals surface area contributed by atoms with Gasteiger partial charge >= 0.3 is 0 Å². The summed E-state index contributed by atoms with van der Waals surface area (Å²) in [6.07, 6.45) is 2.88. The van der Waals surface area contributed by atoms with Crippen molar-refractivity contribution in [3.63, 3.8) is 0 Å². The molecular weight excluding hydrogens is 266 g/mol. The van der Waals surface area contributed by atoms with Crippen molar-refractivity contribution >= 4 is 5.69 Å². The van der Waals surface area contributed by atoms with Crippen molar-refractivity contribution in [2.45, 2.75) is 45.6 Å². The molecule has 1 aromatic carbocycles. The van der Waals surface area contributed by atoms with Crippen LogP contribution in [0.5, 0.6) is 5.75 Å². The van der Waals surface area contributed by atoms with Crippen LogP contribution in [0.3, 0.4) is 0 Å². The van der Waals surface area contributed by atoms with Gasteiger partial charge in [-0.25, -0.2) is 4.68 Å². The second-order valence-electron chi connectivity index (χ2n) is 5.13. The molecule has 0 unspecified atom stereocenters. The number of benzene rings is 1. The van der Waals surface area contributed by atoms with Crippen LogP contribution in [0.1, 0.15) is 40.0 Å². The van der Waals surface area contributed by atoms with Gasteiger partial charge in [-0.05, 0) is 41.8 Å². The van der Waals surface area contributed by atoms with Crippen molar-refractivity contribution in [3.05, 3.63) is 18.2 Å². The Labute approximate surface area is 125 Å². The van der Waals surface area contributed by atoms with Crippen molar-refractivity contribution in [1.82, 2.24) is 20.2 Å². The first-order valence-electron chi connectivity index (χ1n) is 7.35. The minimum Gasteiger partial charge on any atom is -0.494 e. The average Bonchev–Trinajstić information content (AvgIpc) is 2.99. The number of nitrogens with zero attached hydrogens (tertiary/aromatic N) is 4. The number of hydrogen-bond acceptors (Lipinski definition) is 5. The van der Waals surface area contributed by atoms with Crippen LogP contribution in [-0.2, 0) is 5.54 Å². The van der Waals surface area contributed by atoms with E-state index in [0.29, 0.717) is 17.3 Å². The van der Waals surface area contributed by atoms with E-state index in [9.17, 15) is 0 Å². The lowest BCUT2D eigenvalue weighted by Crippen LogP contribution is -2.33. The Kier molecular flexibility index (Phi) is 4.45. The van der Waals surface area contributed by atoms with Gasteiger partial charge in [-0.15, -0.1) is 5.10 Å². The zero-order valence-electron chi connectivity index (χ0n) is 13.1. The Balaban J connectivity index is 2.63. The highest BCUT2D eigenvalue weighted by atomic mass is 16.5. The van der Waals surface area contributed by atoms with E-state index in [4.69, 9.17) is 10.5 Å². The molecule has 0 saturated carbocycles. The lowest BCUT2D eigenvalue weighted by molar-refractivity contribution is 0.223. The van der Waals surface area contributed by atoms with Crippen LogP contribution in [0.4, 0.5) is 5.69 Å². The van der Waals surface area contributed by atoms with Crippen LogP contribution in [0.15, 0.2) is 18.2 Å². The number of hydrogen-bond donors (Lipinski definition) is 1. The van der Waals surface area contributed by atoms with E-state index in [2.05, 4.69) is 36.3 Å². The Morgan fingerprint density at radius 3 is 2.43 bits per heavy atom. The Morgan fingerprint density at radius 2 is 1.86 bits per heavy atom. The number of nitrogen functional groups attached to an aromatic ring is 1. The highest BCUT2D eigenvalue weighted by Crippen LogP contribution is 2.37. The van der Waals surface area contributed by atoms with Gasteiger partial charge in [0.2, 0.25) is 0 Å². The molecule has 2 N–H and O–H groups in total. The summed E-state index contributed by atoms with van der Waals surface area (Å²) < 4.78 is 7.36. The van der Waals surface area contributed by atoms with Crippen LogP contribution in [-0.4, -0.2) is 27.3 Å². The maximum Gasteiger partial charge on any atom is 0.186 e. The zero-order chi connectivity index (χ0) is 15.5. The van der Waals surface area contributed by atoms with Gasteiger partial charge in [0.1, 0.15) is 0 Å². The molecule has 6 nitrogen and oxygen atoms in total. The molecule has 6 heteroatoms. The van der Waals surface area contributed by atoms with E-state index in [1.807, 2.05) is 22.9 Å². The third kappa shape index (κ3) is 2.46. The van der Waals surface area contributed by atoms with E-state index < -0.39 is 0 Å². The smallest absolute Gasteiger partial charge is 0.186 e. The number of nitrogens with two attached hydrogens (primary N) is 1. The van der Waals surface area contributed by atoms with Gasteiger partial charge in [0.05, 0.1) is 23.9 Å². The summed E-state index contributed by atoms with van der Waals surface area (Å²) in [6, 6.07) is 5.63. The van der Waals surface area contributed by atoms with E-state index in [-0.39, 0.29) is 5.54 Å². The van der Waals surface area contributed by atoms with Gasteiger partial charge in [-0.2, -0.15) is 0 Å². The second kappa shape index (κ2) is 6.11. The summed E-state index contributed by atoms with van der Waals surface area (Å²) in [5.74, 6) is 1.32. The number of rotatable bonds is 6. The summed E-state index contributed by atoms with van der Waals surface area (Å²) in [7, 11) is 1.61. The van der Waals surface area contributed by atoms with Gasteiger partial charge in [0, 0.05) is 0 Å². The number of ether oxygens (including phenoxy) is 1. The molecule has 0 aliphatic carbocycles. The summed E-state index contributed by atoms with van der Waals surface area (Å²) >= 11 is 0. The fourth-order valence-corrected chi connectivity index (χ4v) is 2.83. The molecule has 0 spiro atoms. The first-order valence-corrected chi connectivity index (χ1v) is 7.35. The normalized spacial score (nSPS) is 11.6. The highest BCUT2D eigenvalue weighted by molar-refractivity contribution is 5.73. The Morgan fingerprint density at radius 1 is 1.19 bits per heavy atom. The average molecular weight is 289 g/mol. The van der Waals surface area contributed by atoms with Crippen LogP contribution < -0.4 is 10.5 Å². The third-order valence-corrected chi connectivity index (χ3v) is 4.38. The number of tetrazole rings is 1. The molecule has 21 heavy (non-hydrogen) atoms. The number of methoxy groups -OCH3 is 1. The van der Waals surface area contributed by atoms with E-state index in [1.165, 1.54) is 0 Å².